The van der Waals surface area contributed by atoms with Crippen LogP contribution in [0.15, 0.2) is 0 Å². The molecule has 6 N–H and O–H groups in total. The van der Waals surface area contributed by atoms with Crippen molar-refractivity contribution in [2.24, 2.45) is 0 Å². The van der Waals surface area contributed by atoms with Gasteiger partial charge in [0.1, 0.15) is 0 Å². The molecule has 0 aliphatic rings. The molecule has 0 aromatic carbocycles. The van der Waals surface area contributed by atoms with Crippen LogP contribution in [-0.2, 0) is 17.1 Å². The average Bonchev–Trinajstić information content (AvgIpc) is 1.25. The molecule has 0 aliphatic heterocycles. The summed E-state index contributed by atoms with van der Waals surface area (Å²) in [5.41, 5.74) is 0. The van der Waals surface area contributed by atoms with Crippen molar-refractivity contribution in [2.45, 2.75) is 0 Å². The standard InChI is InChI=1S/Fe.2NO3.3H2O/c;2*2-1(3)4;;;/h;;;3*1H2/q+2;2*-1;;;. The summed E-state index contributed by atoms with van der Waals surface area (Å²) in [6.45, 7) is 0. The van der Waals surface area contributed by atoms with E-state index in [2.05, 4.69) is 0 Å². The Morgan fingerprint density at radius 2 is 0.667 bits per heavy atom. The Balaban J connectivity index is -0.0000000112. The second-order valence-electron chi connectivity index (χ2n) is 0.447. The van der Waals surface area contributed by atoms with Crippen molar-refractivity contribution in [3.05, 3.63) is 30.6 Å². The molecule has 0 amide bonds. The normalized spacial score (nSPS) is 4.00. The largest absolute Gasteiger partial charge is 2.00 e. The Hall–Kier alpha value is -1.20. The molecular formula is H6FeN2O9. The zero-order valence-corrected chi connectivity index (χ0v) is 6.30. The predicted molar refractivity (Wildman–Crippen MR) is 31.6 cm³/mol. The van der Waals surface area contributed by atoms with Crippen LogP contribution in [0.2, 0.25) is 0 Å². The third-order valence-electron chi connectivity index (χ3n) is 0. The molecule has 0 fully saturated rings. The van der Waals surface area contributed by atoms with Gasteiger partial charge in [-0.15, -0.1) is 0 Å². The van der Waals surface area contributed by atoms with Crippen molar-refractivity contribution in [3.63, 3.8) is 0 Å². The first-order chi connectivity index (χ1) is 3.46. The minimum absolute atomic E-state index is 0. The summed E-state index contributed by atoms with van der Waals surface area (Å²) in [5, 5.41) is 29.5. The van der Waals surface area contributed by atoms with Gasteiger partial charge in [-0.3, -0.25) is 0 Å². The quantitative estimate of drug-likeness (QED) is 0.241. The van der Waals surface area contributed by atoms with Crippen LogP contribution in [0, 0.1) is 30.6 Å². The summed E-state index contributed by atoms with van der Waals surface area (Å²) >= 11 is 0. The van der Waals surface area contributed by atoms with Gasteiger partial charge in [0.2, 0.25) is 0 Å². The Labute approximate surface area is 75.2 Å². The van der Waals surface area contributed by atoms with Gasteiger partial charge in [-0.1, -0.05) is 0 Å². The SMILES string of the molecule is O.O.O.O=[N+]([O-])[O-].O=[N+]([O-])[O-].[Fe+2]. The van der Waals surface area contributed by atoms with E-state index in [1.807, 2.05) is 0 Å². The van der Waals surface area contributed by atoms with Gasteiger partial charge in [-0.25, -0.2) is 0 Å². The minimum Gasteiger partial charge on any atom is -0.412 e. The molecule has 11 nitrogen and oxygen atoms in total. The molecule has 0 heterocycles. The van der Waals surface area contributed by atoms with E-state index >= 15 is 0 Å². The van der Waals surface area contributed by atoms with Crippen LogP contribution < -0.4 is 0 Å². The van der Waals surface area contributed by atoms with Crippen LogP contribution in [0.25, 0.3) is 0 Å². The molecule has 0 saturated carbocycles. The fourth-order valence-electron chi connectivity index (χ4n) is 0. The second kappa shape index (κ2) is 32.9. The average molecular weight is 234 g/mol. The minimum atomic E-state index is -1.75. The topological polar surface area (TPSA) is 227 Å². The van der Waals surface area contributed by atoms with Crippen LogP contribution in [0.3, 0.4) is 0 Å². The maximum Gasteiger partial charge on any atom is 2.00 e. The first kappa shape index (κ1) is 45.0. The van der Waals surface area contributed by atoms with Crippen LogP contribution in [0.1, 0.15) is 0 Å². The fraction of sp³-hybridized carbons (Fsp3) is 0. The molecular weight excluding hydrogens is 228 g/mol. The van der Waals surface area contributed by atoms with Crippen molar-refractivity contribution < 1.29 is 43.7 Å². The molecule has 0 saturated heterocycles. The van der Waals surface area contributed by atoms with Crippen molar-refractivity contribution >= 4 is 0 Å². The third kappa shape index (κ3) is 371. The molecule has 0 bridgehead atoms. The monoisotopic (exact) mass is 234 g/mol. The van der Waals surface area contributed by atoms with E-state index in [4.69, 9.17) is 30.6 Å². The first-order valence-electron chi connectivity index (χ1n) is 1.10. The Kier molecular flexibility index (Phi) is 124. The molecule has 0 aliphatic carbocycles. The first-order valence-corrected chi connectivity index (χ1v) is 1.10. The second-order valence-corrected chi connectivity index (χ2v) is 0.447. The Bertz CT molecular complexity index is 70.5. The fourth-order valence-corrected chi connectivity index (χ4v) is 0. The number of hydrogen-bond donors (Lipinski definition) is 0. The van der Waals surface area contributed by atoms with Crippen molar-refractivity contribution in [1.29, 1.82) is 0 Å². The molecule has 0 rings (SSSR count). The van der Waals surface area contributed by atoms with E-state index < -0.39 is 10.2 Å². The van der Waals surface area contributed by atoms with E-state index in [0.29, 0.717) is 0 Å². The summed E-state index contributed by atoms with van der Waals surface area (Å²) in [5.74, 6) is 0. The van der Waals surface area contributed by atoms with E-state index in [-0.39, 0.29) is 33.5 Å². The Morgan fingerprint density at radius 3 is 0.667 bits per heavy atom. The van der Waals surface area contributed by atoms with Gasteiger partial charge < -0.3 is 47.1 Å². The third-order valence-corrected chi connectivity index (χ3v) is 0. The molecule has 12 heavy (non-hydrogen) atoms. The zero-order chi connectivity index (χ0) is 7.15. The summed E-state index contributed by atoms with van der Waals surface area (Å²) in [6, 6.07) is 0. The van der Waals surface area contributed by atoms with Gasteiger partial charge in [-0.05, 0) is 0 Å². The van der Waals surface area contributed by atoms with Crippen LogP contribution in [-0.4, -0.2) is 26.6 Å². The molecule has 0 aromatic heterocycles. The van der Waals surface area contributed by atoms with Crippen LogP contribution >= 0.6 is 0 Å². The summed E-state index contributed by atoms with van der Waals surface area (Å²) in [7, 11) is 0. The van der Waals surface area contributed by atoms with E-state index in [1.54, 1.807) is 0 Å². The van der Waals surface area contributed by atoms with Crippen LogP contribution in [0.5, 0.6) is 0 Å². The number of rotatable bonds is 0. The van der Waals surface area contributed by atoms with Crippen molar-refractivity contribution in [2.75, 3.05) is 0 Å². The van der Waals surface area contributed by atoms with Gasteiger partial charge in [0.15, 0.2) is 0 Å². The van der Waals surface area contributed by atoms with Gasteiger partial charge in [0.25, 0.3) is 0 Å². The van der Waals surface area contributed by atoms with Gasteiger partial charge in [0, 0.05) is 0 Å². The molecule has 0 radical (unpaired) electrons. The van der Waals surface area contributed by atoms with E-state index in [1.165, 1.54) is 0 Å². The molecule has 0 spiro atoms. The summed E-state index contributed by atoms with van der Waals surface area (Å²) in [4.78, 5) is 16.5. The summed E-state index contributed by atoms with van der Waals surface area (Å²) < 4.78 is 0. The van der Waals surface area contributed by atoms with Gasteiger partial charge in [0.05, 0.1) is 10.2 Å². The maximum atomic E-state index is 8.25. The van der Waals surface area contributed by atoms with Crippen molar-refractivity contribution in [3.8, 4) is 0 Å². The number of nitrogens with zero attached hydrogens (tertiary/aromatic N) is 2. The van der Waals surface area contributed by atoms with E-state index in [9.17, 15) is 0 Å². The Morgan fingerprint density at radius 1 is 0.667 bits per heavy atom. The zero-order valence-electron chi connectivity index (χ0n) is 5.20. The van der Waals surface area contributed by atoms with E-state index in [0.717, 1.165) is 0 Å². The van der Waals surface area contributed by atoms with Gasteiger partial charge in [-0.2, -0.15) is 0 Å². The van der Waals surface area contributed by atoms with Gasteiger partial charge >= 0.3 is 17.1 Å². The van der Waals surface area contributed by atoms with Crippen LogP contribution in [0.4, 0.5) is 0 Å². The molecule has 12 heteroatoms. The number of hydrogen-bond acceptors (Lipinski definition) is 6. The molecule has 0 unspecified atom stereocenters. The maximum absolute atomic E-state index is 8.25. The smallest absolute Gasteiger partial charge is 0.412 e. The molecule has 0 atom stereocenters. The van der Waals surface area contributed by atoms with Crippen molar-refractivity contribution in [1.82, 2.24) is 0 Å². The summed E-state index contributed by atoms with van der Waals surface area (Å²) in [6.07, 6.45) is 0. The molecule has 0 aromatic rings. The molecule has 78 valence electrons. The predicted octanol–water partition coefficient (Wildman–Crippen LogP) is -2.95.